The van der Waals surface area contributed by atoms with Gasteiger partial charge in [0.25, 0.3) is 0 Å². The summed E-state index contributed by atoms with van der Waals surface area (Å²) in [4.78, 5) is 25.4. The van der Waals surface area contributed by atoms with Gasteiger partial charge in [-0.15, -0.1) is 0 Å². The van der Waals surface area contributed by atoms with Crippen molar-refractivity contribution < 1.29 is 19.1 Å². The first-order chi connectivity index (χ1) is 16.4. The number of carbonyl (C=O) groups excluding carboxylic acids is 2. The van der Waals surface area contributed by atoms with Gasteiger partial charge in [-0.2, -0.15) is 0 Å². The van der Waals surface area contributed by atoms with Crippen LogP contribution >= 0.6 is 22.6 Å². The molecule has 1 heterocycles. The number of benzene rings is 3. The molecule has 0 saturated carbocycles. The van der Waals surface area contributed by atoms with Crippen molar-refractivity contribution in [2.24, 2.45) is 5.92 Å². The lowest BCUT2D eigenvalue weighted by Gasteiger charge is -2.34. The van der Waals surface area contributed by atoms with Crippen molar-refractivity contribution in [3.05, 3.63) is 99.8 Å². The average Bonchev–Trinajstić information content (AvgIpc) is 2.84. The molecule has 0 radical (unpaired) electrons. The Bertz CT molecular complexity index is 1200. The maximum absolute atomic E-state index is 13.2. The highest BCUT2D eigenvalue weighted by atomic mass is 127. The van der Waals surface area contributed by atoms with Gasteiger partial charge in [0.1, 0.15) is 12.5 Å². The minimum absolute atomic E-state index is 0.285. The zero-order chi connectivity index (χ0) is 24.1. The summed E-state index contributed by atoms with van der Waals surface area (Å²) in [5, 5.41) is 8.38. The van der Waals surface area contributed by atoms with Gasteiger partial charge >= 0.3 is 6.03 Å². The van der Waals surface area contributed by atoms with E-state index in [2.05, 4.69) is 45.1 Å². The van der Waals surface area contributed by atoms with Crippen molar-refractivity contribution in [3.63, 3.8) is 0 Å². The summed E-state index contributed by atoms with van der Waals surface area (Å²) >= 11 is 2.20. The van der Waals surface area contributed by atoms with Gasteiger partial charge in [0.15, 0.2) is 11.5 Å². The number of rotatable bonds is 7. The Morgan fingerprint density at radius 2 is 1.79 bits per heavy atom. The molecule has 1 aliphatic rings. The average molecular weight is 569 g/mol. The van der Waals surface area contributed by atoms with Crippen molar-refractivity contribution in [3.8, 4) is 11.5 Å². The van der Waals surface area contributed by atoms with E-state index in [0.717, 1.165) is 9.13 Å². The molecule has 0 aliphatic carbocycles. The molecule has 0 spiro atoms. The first-order valence-corrected chi connectivity index (χ1v) is 11.7. The largest absolute Gasteiger partial charge is 0.493 e. The summed E-state index contributed by atoms with van der Waals surface area (Å²) in [6, 6.07) is 21.6. The molecule has 8 heteroatoms. The lowest BCUT2D eigenvalue weighted by molar-refractivity contribution is -0.119. The van der Waals surface area contributed by atoms with Crippen LogP contribution in [0, 0.1) is 9.49 Å². The predicted molar refractivity (Wildman–Crippen MR) is 139 cm³/mol. The number of hydrogen-bond donors (Lipinski definition) is 3. The Labute approximate surface area is 211 Å². The topological polar surface area (TPSA) is 88.7 Å². The van der Waals surface area contributed by atoms with Crippen LogP contribution in [0.4, 0.5) is 10.5 Å². The second-order valence-corrected chi connectivity index (χ2v) is 9.01. The first-order valence-electron chi connectivity index (χ1n) is 10.6. The van der Waals surface area contributed by atoms with Crippen molar-refractivity contribution in [1.82, 2.24) is 10.6 Å². The van der Waals surface area contributed by atoms with Crippen LogP contribution in [-0.4, -0.2) is 19.0 Å². The third-order valence-electron chi connectivity index (χ3n) is 5.45. The molecule has 0 bridgehead atoms. The van der Waals surface area contributed by atoms with E-state index in [9.17, 15) is 9.59 Å². The highest BCUT2D eigenvalue weighted by molar-refractivity contribution is 14.1. The molecule has 3 aromatic carbocycles. The summed E-state index contributed by atoms with van der Waals surface area (Å²) in [5.74, 6) is 0.0440. The number of ether oxygens (including phenoxy) is 2. The molecule has 3 amide bonds. The first kappa shape index (κ1) is 23.6. The van der Waals surface area contributed by atoms with Crippen molar-refractivity contribution >= 4 is 40.2 Å². The number of methoxy groups -OCH3 is 1. The highest BCUT2D eigenvalue weighted by Crippen LogP contribution is 2.36. The van der Waals surface area contributed by atoms with E-state index in [1.165, 1.54) is 0 Å². The van der Waals surface area contributed by atoms with Crippen LogP contribution in [0.2, 0.25) is 0 Å². The normalized spacial score (nSPS) is 17.4. The maximum atomic E-state index is 13.2. The maximum Gasteiger partial charge on any atom is 0.319 e. The fraction of sp³-hybridized carbons (Fsp3) is 0.154. The number of amides is 3. The van der Waals surface area contributed by atoms with E-state index in [1.54, 1.807) is 19.2 Å². The fourth-order valence-electron chi connectivity index (χ4n) is 3.76. The number of halogens is 1. The standard InChI is InChI=1S/C26H24IN3O4/c1-16-23(25(31)29-20-11-9-19(27)10-12-20)24(30-26(32)28-16)18-8-13-21(22(14-18)33-2)34-15-17-6-4-3-5-7-17/h3-14,23-24H,1,15H2,2H3,(H,29,31)(H2,28,30,32). The quantitative estimate of drug-likeness (QED) is 0.350. The number of anilines is 1. The third kappa shape index (κ3) is 5.51. The summed E-state index contributed by atoms with van der Waals surface area (Å²) in [7, 11) is 1.55. The zero-order valence-electron chi connectivity index (χ0n) is 18.5. The minimum atomic E-state index is -0.738. The molecular weight excluding hydrogens is 545 g/mol. The molecule has 34 heavy (non-hydrogen) atoms. The molecular formula is C26H24IN3O4. The molecule has 3 aromatic rings. The number of nitrogens with one attached hydrogen (secondary N) is 3. The molecule has 1 aliphatic heterocycles. The molecule has 2 unspecified atom stereocenters. The predicted octanol–water partition coefficient (Wildman–Crippen LogP) is 5.00. The van der Waals surface area contributed by atoms with E-state index in [4.69, 9.17) is 9.47 Å². The van der Waals surface area contributed by atoms with Crippen molar-refractivity contribution in [2.75, 3.05) is 12.4 Å². The van der Waals surface area contributed by atoms with Gasteiger partial charge in [0.2, 0.25) is 5.91 Å². The van der Waals surface area contributed by atoms with Crippen molar-refractivity contribution in [2.45, 2.75) is 12.6 Å². The second-order valence-electron chi connectivity index (χ2n) is 7.76. The number of urea groups is 1. The molecule has 2 atom stereocenters. The molecule has 3 N–H and O–H groups in total. The Morgan fingerprint density at radius 3 is 2.50 bits per heavy atom. The van der Waals surface area contributed by atoms with Crippen LogP contribution in [0.25, 0.3) is 0 Å². The molecule has 174 valence electrons. The van der Waals surface area contributed by atoms with Crippen LogP contribution in [0.5, 0.6) is 11.5 Å². The van der Waals surface area contributed by atoms with Gasteiger partial charge < -0.3 is 25.4 Å². The minimum Gasteiger partial charge on any atom is -0.493 e. The van der Waals surface area contributed by atoms with E-state index in [0.29, 0.717) is 35.1 Å². The Morgan fingerprint density at radius 1 is 1.06 bits per heavy atom. The van der Waals surface area contributed by atoms with Gasteiger partial charge in [0, 0.05) is 15.0 Å². The van der Waals surface area contributed by atoms with Gasteiger partial charge in [0.05, 0.1) is 13.2 Å². The number of carbonyl (C=O) groups is 2. The lowest BCUT2D eigenvalue weighted by Crippen LogP contribution is -2.51. The van der Waals surface area contributed by atoms with E-state index < -0.39 is 18.0 Å². The van der Waals surface area contributed by atoms with Gasteiger partial charge in [-0.3, -0.25) is 4.79 Å². The molecule has 4 rings (SSSR count). The summed E-state index contributed by atoms with van der Waals surface area (Å²) in [5.41, 5.74) is 2.71. The molecule has 7 nitrogen and oxygen atoms in total. The summed E-state index contributed by atoms with van der Waals surface area (Å²) < 4.78 is 12.5. The van der Waals surface area contributed by atoms with Gasteiger partial charge in [-0.1, -0.05) is 43.0 Å². The molecule has 0 aromatic heterocycles. The van der Waals surface area contributed by atoms with E-state index in [1.807, 2.05) is 60.7 Å². The zero-order valence-corrected chi connectivity index (χ0v) is 20.7. The SMILES string of the molecule is C=C1NC(=O)NC(c2ccc(OCc3ccccc3)c(OC)c2)C1C(=O)Nc1ccc(I)cc1. The smallest absolute Gasteiger partial charge is 0.319 e. The van der Waals surface area contributed by atoms with Crippen LogP contribution in [0.15, 0.2) is 85.1 Å². The van der Waals surface area contributed by atoms with Crippen molar-refractivity contribution in [1.29, 1.82) is 0 Å². The van der Waals surface area contributed by atoms with Crippen LogP contribution < -0.4 is 25.4 Å². The van der Waals surface area contributed by atoms with E-state index >= 15 is 0 Å². The third-order valence-corrected chi connectivity index (χ3v) is 6.17. The van der Waals surface area contributed by atoms with Crippen LogP contribution in [-0.2, 0) is 11.4 Å². The Hall–Kier alpha value is -3.53. The van der Waals surface area contributed by atoms with Crippen LogP contribution in [0.3, 0.4) is 0 Å². The summed E-state index contributed by atoms with van der Waals surface area (Å²) in [6.45, 7) is 4.32. The number of hydrogen-bond acceptors (Lipinski definition) is 4. The highest BCUT2D eigenvalue weighted by Gasteiger charge is 2.38. The van der Waals surface area contributed by atoms with Crippen LogP contribution in [0.1, 0.15) is 17.2 Å². The second kappa shape index (κ2) is 10.6. The Kier molecular flexibility index (Phi) is 7.36. The molecule has 1 fully saturated rings. The fourth-order valence-corrected chi connectivity index (χ4v) is 4.12. The Balaban J connectivity index is 1.57. The monoisotopic (exact) mass is 569 g/mol. The molecule has 1 saturated heterocycles. The lowest BCUT2D eigenvalue weighted by atomic mass is 9.88. The summed E-state index contributed by atoms with van der Waals surface area (Å²) in [6.07, 6.45) is 0. The van der Waals surface area contributed by atoms with Gasteiger partial charge in [-0.05, 0) is 70.1 Å². The van der Waals surface area contributed by atoms with Gasteiger partial charge in [-0.25, -0.2) is 4.79 Å². The van der Waals surface area contributed by atoms with E-state index in [-0.39, 0.29) is 5.91 Å².